The number of nitrogens with zero attached hydrogens (tertiary/aromatic N) is 3. The van der Waals surface area contributed by atoms with Gasteiger partial charge in [0.1, 0.15) is 11.3 Å². The topological polar surface area (TPSA) is 118 Å². The third kappa shape index (κ3) is 10.8. The Balaban J connectivity index is 0.000000219. The number of alkyl halides is 6. The van der Waals surface area contributed by atoms with Crippen LogP contribution in [0.5, 0.6) is 5.75 Å². The van der Waals surface area contributed by atoms with E-state index in [4.69, 9.17) is 14.2 Å². The van der Waals surface area contributed by atoms with Gasteiger partial charge in [0.2, 0.25) is 5.95 Å². The minimum atomic E-state index is -4.79. The number of benzene rings is 2. The van der Waals surface area contributed by atoms with Crippen LogP contribution in [0.1, 0.15) is 27.0 Å². The first-order valence-electron chi connectivity index (χ1n) is 14.1. The van der Waals surface area contributed by atoms with Gasteiger partial charge in [-0.1, -0.05) is 12.1 Å². The summed E-state index contributed by atoms with van der Waals surface area (Å²) in [5, 5.41) is 15.1. The molecule has 2 fully saturated rings. The van der Waals surface area contributed by atoms with Gasteiger partial charge in [-0.15, -0.1) is 0 Å². The molecule has 0 spiro atoms. The Kier molecular flexibility index (Phi) is 13.5. The number of aromatic nitrogens is 2. The lowest BCUT2D eigenvalue weighted by molar-refractivity contribution is -0.143. The van der Waals surface area contributed by atoms with Crippen LogP contribution in [0.25, 0.3) is 11.3 Å². The molecule has 5 rings (SSSR count). The monoisotopic (exact) mass is 659 g/mol. The Labute approximate surface area is 261 Å². The molecule has 2 aliphatic heterocycles. The Morgan fingerprint density at radius 2 is 1.57 bits per heavy atom. The van der Waals surface area contributed by atoms with E-state index in [9.17, 15) is 36.2 Å². The number of morpholine rings is 2. The van der Waals surface area contributed by atoms with Gasteiger partial charge in [0, 0.05) is 44.5 Å². The quantitative estimate of drug-likeness (QED) is 0.321. The molecule has 3 N–H and O–H groups in total. The van der Waals surface area contributed by atoms with Crippen molar-refractivity contribution in [2.75, 3.05) is 71.7 Å². The fraction of sp³-hybridized carbons (Fsp3) is 0.433. The van der Waals surface area contributed by atoms with E-state index in [0.29, 0.717) is 61.4 Å². The standard InChI is InChI=1S/C16H17N3O4.C10H9F6N.C4H9NO/c1-22-13-5-3-2-4-11(13)14-12(15(20)21)10-17-16(18-14)19-6-8-23-9-7-19;1-17-5-6-2-7(9(11,12)13)4-8(3-6)10(14,15)16;1-3-6-4-2-5-1/h2-5,10H,6-9H2,1H3,(H,20,21);2-4,17H,5H2,1H3;5H,1-4H2. The number of carbonyl (C=O) groups is 1. The van der Waals surface area contributed by atoms with Crippen molar-refractivity contribution in [2.45, 2.75) is 18.9 Å². The molecular formula is C30H35F6N5O5. The Morgan fingerprint density at radius 1 is 0.978 bits per heavy atom. The van der Waals surface area contributed by atoms with Crippen LogP contribution in [0.15, 0.2) is 48.7 Å². The normalized spacial score (nSPS) is 15.2. The lowest BCUT2D eigenvalue weighted by atomic mass is 10.0. The van der Waals surface area contributed by atoms with Gasteiger partial charge in [-0.2, -0.15) is 26.3 Å². The molecule has 3 aromatic rings. The maximum atomic E-state index is 12.4. The third-order valence-electron chi connectivity index (χ3n) is 6.54. The van der Waals surface area contributed by atoms with Gasteiger partial charge in [0.05, 0.1) is 50.4 Å². The third-order valence-corrected chi connectivity index (χ3v) is 6.54. The molecule has 2 aromatic carbocycles. The van der Waals surface area contributed by atoms with Crippen molar-refractivity contribution < 1.29 is 50.5 Å². The fourth-order valence-corrected chi connectivity index (χ4v) is 4.33. The summed E-state index contributed by atoms with van der Waals surface area (Å²) >= 11 is 0. The molecular weight excluding hydrogens is 624 g/mol. The van der Waals surface area contributed by atoms with Crippen molar-refractivity contribution in [1.82, 2.24) is 20.6 Å². The zero-order chi connectivity index (χ0) is 33.7. The second-order valence-corrected chi connectivity index (χ2v) is 9.84. The van der Waals surface area contributed by atoms with E-state index in [1.54, 1.807) is 19.2 Å². The van der Waals surface area contributed by atoms with Crippen molar-refractivity contribution in [1.29, 1.82) is 0 Å². The smallest absolute Gasteiger partial charge is 0.416 e. The molecule has 16 heteroatoms. The van der Waals surface area contributed by atoms with E-state index in [1.807, 2.05) is 17.0 Å². The lowest BCUT2D eigenvalue weighted by Gasteiger charge is -2.27. The number of methoxy groups -OCH3 is 1. The van der Waals surface area contributed by atoms with Gasteiger partial charge in [0.15, 0.2) is 0 Å². The second-order valence-electron chi connectivity index (χ2n) is 9.84. The van der Waals surface area contributed by atoms with E-state index in [0.717, 1.165) is 26.3 Å². The van der Waals surface area contributed by atoms with Crippen LogP contribution in [0.4, 0.5) is 32.3 Å². The van der Waals surface area contributed by atoms with Crippen LogP contribution < -0.4 is 20.3 Å². The Morgan fingerprint density at radius 3 is 2.04 bits per heavy atom. The molecule has 10 nitrogen and oxygen atoms in total. The first-order valence-corrected chi connectivity index (χ1v) is 14.1. The van der Waals surface area contributed by atoms with Crippen LogP contribution in [0.2, 0.25) is 0 Å². The molecule has 0 unspecified atom stereocenters. The molecule has 252 valence electrons. The van der Waals surface area contributed by atoms with Gasteiger partial charge in [0.25, 0.3) is 0 Å². The van der Waals surface area contributed by atoms with Gasteiger partial charge < -0.3 is 34.9 Å². The summed E-state index contributed by atoms with van der Waals surface area (Å²) in [7, 11) is 2.98. The molecule has 0 atom stereocenters. The highest BCUT2D eigenvalue weighted by Crippen LogP contribution is 2.36. The van der Waals surface area contributed by atoms with Gasteiger partial charge in [-0.3, -0.25) is 0 Å². The molecule has 0 aliphatic carbocycles. The van der Waals surface area contributed by atoms with Gasteiger partial charge >= 0.3 is 18.3 Å². The zero-order valence-electron chi connectivity index (χ0n) is 25.2. The Bertz CT molecular complexity index is 1370. The number of ether oxygens (including phenoxy) is 3. The number of carboxylic acids is 1. The minimum Gasteiger partial charge on any atom is -0.496 e. The maximum Gasteiger partial charge on any atom is 0.416 e. The molecule has 46 heavy (non-hydrogen) atoms. The summed E-state index contributed by atoms with van der Waals surface area (Å²) in [6.45, 7) is 6.34. The number of hydrogen-bond donors (Lipinski definition) is 3. The average Bonchev–Trinajstić information content (AvgIpc) is 3.05. The van der Waals surface area contributed by atoms with Crippen molar-refractivity contribution in [3.05, 3.63) is 70.9 Å². The highest BCUT2D eigenvalue weighted by atomic mass is 19.4. The number of hydrogen-bond acceptors (Lipinski definition) is 9. The molecule has 2 saturated heterocycles. The number of nitrogens with one attached hydrogen (secondary N) is 2. The number of aromatic carboxylic acids is 1. The fourth-order valence-electron chi connectivity index (χ4n) is 4.33. The minimum absolute atomic E-state index is 0.0477. The summed E-state index contributed by atoms with van der Waals surface area (Å²) in [6, 6.07) is 8.72. The lowest BCUT2D eigenvalue weighted by Crippen LogP contribution is -2.37. The number of para-hydroxylation sites is 1. The molecule has 0 bridgehead atoms. The van der Waals surface area contributed by atoms with E-state index in [-0.39, 0.29) is 23.7 Å². The molecule has 1 aromatic heterocycles. The van der Waals surface area contributed by atoms with Crippen molar-refractivity contribution in [3.63, 3.8) is 0 Å². The molecule has 2 aliphatic rings. The van der Waals surface area contributed by atoms with E-state index < -0.39 is 29.4 Å². The van der Waals surface area contributed by atoms with Crippen molar-refractivity contribution >= 4 is 11.9 Å². The predicted octanol–water partition coefficient (Wildman–Crippen LogP) is 4.74. The summed E-state index contributed by atoms with van der Waals surface area (Å²) in [5.74, 6) is 0.000247. The second kappa shape index (κ2) is 17.1. The zero-order valence-corrected chi connectivity index (χ0v) is 25.2. The average molecular weight is 660 g/mol. The van der Waals surface area contributed by atoms with Crippen LogP contribution in [-0.2, 0) is 28.4 Å². The number of rotatable bonds is 6. The number of carboxylic acid groups (broad SMARTS) is 1. The molecule has 0 saturated carbocycles. The van der Waals surface area contributed by atoms with E-state index in [1.165, 1.54) is 13.2 Å². The number of anilines is 1. The summed E-state index contributed by atoms with van der Waals surface area (Å²) in [5.41, 5.74) is -1.62. The van der Waals surface area contributed by atoms with Crippen molar-refractivity contribution in [2.24, 2.45) is 0 Å². The van der Waals surface area contributed by atoms with Crippen LogP contribution >= 0.6 is 0 Å². The van der Waals surface area contributed by atoms with E-state index in [2.05, 4.69) is 20.6 Å². The van der Waals surface area contributed by atoms with Gasteiger partial charge in [-0.05, 0) is 42.9 Å². The molecule has 3 heterocycles. The summed E-state index contributed by atoms with van der Waals surface area (Å²) in [6.07, 6.45) is -8.23. The Hall–Kier alpha value is -3.99. The maximum absolute atomic E-state index is 12.4. The highest BCUT2D eigenvalue weighted by molar-refractivity contribution is 5.95. The van der Waals surface area contributed by atoms with Crippen LogP contribution in [0.3, 0.4) is 0 Å². The van der Waals surface area contributed by atoms with Crippen LogP contribution in [-0.4, -0.2) is 87.8 Å². The van der Waals surface area contributed by atoms with Crippen molar-refractivity contribution in [3.8, 4) is 17.0 Å². The van der Waals surface area contributed by atoms with Crippen LogP contribution in [0, 0.1) is 0 Å². The van der Waals surface area contributed by atoms with E-state index >= 15 is 0 Å². The largest absolute Gasteiger partial charge is 0.496 e. The SMILES string of the molecule is C1COCCN1.CNCc1cc(C(F)(F)F)cc(C(F)(F)F)c1.COc1ccccc1-c1nc(N2CCOCC2)ncc1C(=O)O. The number of halogens is 6. The first kappa shape index (κ1) is 36.5. The summed E-state index contributed by atoms with van der Waals surface area (Å²) in [4.78, 5) is 22.2. The molecule has 0 radical (unpaired) electrons. The molecule has 0 amide bonds. The highest BCUT2D eigenvalue weighted by Gasteiger charge is 2.36. The van der Waals surface area contributed by atoms with Gasteiger partial charge in [-0.25, -0.2) is 14.8 Å². The summed E-state index contributed by atoms with van der Waals surface area (Å²) < 4.78 is 90.0. The predicted molar refractivity (Wildman–Crippen MR) is 157 cm³/mol. The first-order chi connectivity index (χ1) is 21.8.